The van der Waals surface area contributed by atoms with Crippen molar-refractivity contribution in [2.45, 2.75) is 13.1 Å². The summed E-state index contributed by atoms with van der Waals surface area (Å²) in [5.41, 5.74) is 7.95. The molecule has 0 spiro atoms. The minimum absolute atomic E-state index is 0.0750. The zero-order valence-corrected chi connectivity index (χ0v) is 19.2. The van der Waals surface area contributed by atoms with Gasteiger partial charge in [0.2, 0.25) is 11.8 Å². The molecule has 0 unspecified atom stereocenters. The maximum absolute atomic E-state index is 12.2. The largest absolute Gasteiger partial charge is 0.383 e. The van der Waals surface area contributed by atoms with Gasteiger partial charge in [0.05, 0.1) is 35.4 Å². The van der Waals surface area contributed by atoms with Crippen molar-refractivity contribution >= 4 is 40.6 Å². The molecule has 0 fully saturated rings. The molecule has 0 aliphatic carbocycles. The molecular formula is C22H26ClN7O3. The molecule has 2 aromatic heterocycles. The molecule has 0 saturated heterocycles. The Labute approximate surface area is 196 Å². The summed E-state index contributed by atoms with van der Waals surface area (Å²) in [6, 6.07) is 8.84. The third kappa shape index (κ3) is 6.67. The van der Waals surface area contributed by atoms with Crippen LogP contribution >= 0.6 is 11.6 Å². The molecule has 0 aliphatic rings. The first-order chi connectivity index (χ1) is 15.9. The van der Waals surface area contributed by atoms with Crippen LogP contribution in [0.4, 0.5) is 17.2 Å². The van der Waals surface area contributed by atoms with Crippen LogP contribution in [0.3, 0.4) is 0 Å². The van der Waals surface area contributed by atoms with Crippen molar-refractivity contribution < 1.29 is 14.3 Å². The average molecular weight is 472 g/mol. The molecule has 1 aromatic carbocycles. The molecule has 0 bridgehead atoms. The minimum atomic E-state index is -0.490. The van der Waals surface area contributed by atoms with Crippen molar-refractivity contribution in [3.63, 3.8) is 0 Å². The maximum Gasteiger partial charge on any atom is 0.249 e. The summed E-state index contributed by atoms with van der Waals surface area (Å²) in [5, 5.41) is 11.0. The quantitative estimate of drug-likeness (QED) is 0.392. The Balaban J connectivity index is 1.63. The average Bonchev–Trinajstić information content (AvgIpc) is 3.24. The van der Waals surface area contributed by atoms with E-state index in [-0.39, 0.29) is 12.5 Å². The van der Waals surface area contributed by atoms with E-state index in [0.29, 0.717) is 47.5 Å². The Kier molecular flexibility index (Phi) is 8.22. The first-order valence-electron chi connectivity index (χ1n) is 10.2. The van der Waals surface area contributed by atoms with Gasteiger partial charge < -0.3 is 26.0 Å². The molecule has 174 valence electrons. The Morgan fingerprint density at radius 3 is 2.82 bits per heavy atom. The third-order valence-electron chi connectivity index (χ3n) is 4.87. The molecule has 33 heavy (non-hydrogen) atoms. The zero-order chi connectivity index (χ0) is 23.8. The number of carbonyl (C=O) groups is 2. The van der Waals surface area contributed by atoms with Crippen LogP contribution in [0, 0.1) is 0 Å². The number of halogens is 1. The lowest BCUT2D eigenvalue weighted by atomic mass is 10.1. The molecule has 0 saturated carbocycles. The SMILES string of the molecule is COCCN(C)C(=O)Cn1cc(Nc2cc(NCc3ccccc3C(N)=O)c(Cl)cn2)cn1. The highest BCUT2D eigenvalue weighted by Crippen LogP contribution is 2.26. The van der Waals surface area contributed by atoms with Gasteiger partial charge in [-0.1, -0.05) is 29.8 Å². The van der Waals surface area contributed by atoms with Crippen LogP contribution in [0.25, 0.3) is 0 Å². The summed E-state index contributed by atoms with van der Waals surface area (Å²) in [7, 11) is 3.31. The predicted molar refractivity (Wildman–Crippen MR) is 127 cm³/mol. The van der Waals surface area contributed by atoms with E-state index in [1.807, 2.05) is 12.1 Å². The second-order valence-electron chi connectivity index (χ2n) is 7.28. The number of hydrogen-bond donors (Lipinski definition) is 3. The Bertz CT molecular complexity index is 1120. The molecular weight excluding hydrogens is 446 g/mol. The Hall–Kier alpha value is -3.63. The van der Waals surface area contributed by atoms with Crippen LogP contribution in [-0.2, 0) is 22.6 Å². The van der Waals surface area contributed by atoms with Gasteiger partial charge >= 0.3 is 0 Å². The van der Waals surface area contributed by atoms with Crippen molar-refractivity contribution in [3.8, 4) is 0 Å². The molecule has 0 aliphatic heterocycles. The Morgan fingerprint density at radius 1 is 1.27 bits per heavy atom. The standard InChI is InChI=1S/C22H26ClN7O3/c1-29(7-8-33-2)21(31)14-30-13-16(11-27-30)28-20-9-19(18(23)12-26-20)25-10-15-5-3-4-6-17(15)22(24)32/h3-6,9,11-13H,7-8,10,14H2,1-2H3,(H2,24,32)(H2,25,26,28). The fraction of sp³-hybridized carbons (Fsp3) is 0.273. The lowest BCUT2D eigenvalue weighted by Gasteiger charge is -2.16. The van der Waals surface area contributed by atoms with Crippen molar-refractivity contribution in [1.82, 2.24) is 19.7 Å². The summed E-state index contributed by atoms with van der Waals surface area (Å²) < 4.78 is 6.54. The molecule has 10 nitrogen and oxygen atoms in total. The number of primary amides is 1. The molecule has 2 heterocycles. The summed E-state index contributed by atoms with van der Waals surface area (Å²) in [6.45, 7) is 1.46. The van der Waals surface area contributed by atoms with E-state index in [1.165, 1.54) is 6.20 Å². The number of likely N-dealkylation sites (N-methyl/N-ethyl adjacent to an activating group) is 1. The summed E-state index contributed by atoms with van der Waals surface area (Å²) in [5.74, 6) is -0.0295. The number of hydrogen-bond acceptors (Lipinski definition) is 7. The van der Waals surface area contributed by atoms with E-state index in [1.54, 1.807) is 54.3 Å². The summed E-state index contributed by atoms with van der Waals surface area (Å²) in [6.07, 6.45) is 4.84. The number of aromatic nitrogens is 3. The topological polar surface area (TPSA) is 127 Å². The zero-order valence-electron chi connectivity index (χ0n) is 18.4. The first-order valence-corrected chi connectivity index (χ1v) is 10.5. The van der Waals surface area contributed by atoms with Crippen LogP contribution in [-0.4, -0.2) is 58.8 Å². The van der Waals surface area contributed by atoms with Gasteiger partial charge in [0.15, 0.2) is 0 Å². The van der Waals surface area contributed by atoms with E-state index < -0.39 is 5.91 Å². The van der Waals surface area contributed by atoms with Crippen LogP contribution in [0.2, 0.25) is 5.02 Å². The maximum atomic E-state index is 12.2. The fourth-order valence-corrected chi connectivity index (χ4v) is 3.19. The van der Waals surface area contributed by atoms with E-state index in [2.05, 4.69) is 20.7 Å². The normalized spacial score (nSPS) is 10.6. The predicted octanol–water partition coefficient (Wildman–Crippen LogP) is 2.49. The third-order valence-corrected chi connectivity index (χ3v) is 5.17. The molecule has 3 rings (SSSR count). The number of pyridine rings is 1. The highest BCUT2D eigenvalue weighted by Gasteiger charge is 2.12. The van der Waals surface area contributed by atoms with Gasteiger partial charge in [-0.2, -0.15) is 5.10 Å². The van der Waals surface area contributed by atoms with Gasteiger partial charge in [0, 0.05) is 45.1 Å². The van der Waals surface area contributed by atoms with E-state index in [9.17, 15) is 9.59 Å². The van der Waals surface area contributed by atoms with Crippen molar-refractivity contribution in [2.24, 2.45) is 5.73 Å². The first kappa shape index (κ1) is 24.0. The van der Waals surface area contributed by atoms with Gasteiger partial charge in [0.1, 0.15) is 12.4 Å². The molecule has 2 amide bonds. The number of nitrogens with one attached hydrogen (secondary N) is 2. The lowest BCUT2D eigenvalue weighted by Crippen LogP contribution is -2.32. The molecule has 11 heteroatoms. The van der Waals surface area contributed by atoms with Gasteiger partial charge in [-0.3, -0.25) is 14.3 Å². The number of rotatable bonds is 11. The van der Waals surface area contributed by atoms with Crippen LogP contribution in [0.1, 0.15) is 15.9 Å². The number of nitrogens with zero attached hydrogens (tertiary/aromatic N) is 4. The van der Waals surface area contributed by atoms with E-state index in [0.717, 1.165) is 5.56 Å². The highest BCUT2D eigenvalue weighted by molar-refractivity contribution is 6.33. The number of anilines is 3. The van der Waals surface area contributed by atoms with Gasteiger partial charge in [-0.05, 0) is 11.6 Å². The van der Waals surface area contributed by atoms with Crippen LogP contribution < -0.4 is 16.4 Å². The number of benzene rings is 1. The van der Waals surface area contributed by atoms with Crippen molar-refractivity contribution in [1.29, 1.82) is 0 Å². The fourth-order valence-electron chi connectivity index (χ4n) is 3.02. The van der Waals surface area contributed by atoms with Gasteiger partial charge in [-0.25, -0.2) is 4.98 Å². The molecule has 3 aromatic rings. The molecule has 0 atom stereocenters. The highest BCUT2D eigenvalue weighted by atomic mass is 35.5. The molecule has 0 radical (unpaired) electrons. The number of methoxy groups -OCH3 is 1. The van der Waals surface area contributed by atoms with E-state index >= 15 is 0 Å². The van der Waals surface area contributed by atoms with E-state index in [4.69, 9.17) is 22.1 Å². The minimum Gasteiger partial charge on any atom is -0.383 e. The number of nitrogens with two attached hydrogens (primary N) is 1. The second-order valence-corrected chi connectivity index (χ2v) is 7.69. The van der Waals surface area contributed by atoms with Crippen LogP contribution in [0.5, 0.6) is 0 Å². The van der Waals surface area contributed by atoms with Crippen molar-refractivity contribution in [2.75, 3.05) is 37.9 Å². The van der Waals surface area contributed by atoms with Crippen LogP contribution in [0.15, 0.2) is 48.9 Å². The smallest absolute Gasteiger partial charge is 0.249 e. The second kappa shape index (κ2) is 11.3. The van der Waals surface area contributed by atoms with Gasteiger partial charge in [0.25, 0.3) is 0 Å². The lowest BCUT2D eigenvalue weighted by molar-refractivity contribution is -0.131. The van der Waals surface area contributed by atoms with Gasteiger partial charge in [-0.15, -0.1) is 0 Å². The molecule has 4 N–H and O–H groups in total. The number of ether oxygens (including phenoxy) is 1. The summed E-state index contributed by atoms with van der Waals surface area (Å²) in [4.78, 5) is 29.7. The monoisotopic (exact) mass is 471 g/mol. The number of amides is 2. The summed E-state index contributed by atoms with van der Waals surface area (Å²) >= 11 is 6.28. The van der Waals surface area contributed by atoms with Crippen molar-refractivity contribution in [3.05, 3.63) is 65.1 Å². The Morgan fingerprint density at radius 2 is 2.06 bits per heavy atom. The number of carbonyl (C=O) groups excluding carboxylic acids is 2.